The molecule has 0 amide bonds. The largest absolute Gasteiger partial charge is 0.469 e. The summed E-state index contributed by atoms with van der Waals surface area (Å²) in [5.41, 5.74) is 1.98. The van der Waals surface area contributed by atoms with Gasteiger partial charge in [-0.1, -0.05) is 30.0 Å². The van der Waals surface area contributed by atoms with Crippen LogP contribution >= 0.6 is 11.8 Å². The summed E-state index contributed by atoms with van der Waals surface area (Å²) >= 11 is 1.66. The van der Waals surface area contributed by atoms with Gasteiger partial charge in [0, 0.05) is 5.69 Å². The number of nitrogens with zero attached hydrogens (tertiary/aromatic N) is 3. The van der Waals surface area contributed by atoms with E-state index in [1.54, 1.807) is 18.0 Å². The van der Waals surface area contributed by atoms with Crippen molar-refractivity contribution in [3.05, 3.63) is 48.4 Å². The van der Waals surface area contributed by atoms with Crippen LogP contribution in [0.15, 0.2) is 52.2 Å². The molecule has 0 bridgehead atoms. The van der Waals surface area contributed by atoms with E-state index < -0.39 is 0 Å². The summed E-state index contributed by atoms with van der Waals surface area (Å²) in [4.78, 5) is 0. The second kappa shape index (κ2) is 8.14. The zero-order chi connectivity index (χ0) is 16.8. The normalized spacial score (nSPS) is 11.1. The molecule has 0 fully saturated rings. The Kier molecular flexibility index (Phi) is 5.68. The van der Waals surface area contributed by atoms with Gasteiger partial charge >= 0.3 is 0 Å². The van der Waals surface area contributed by atoms with Crippen molar-refractivity contribution in [3.8, 4) is 17.1 Å². The number of quaternary nitrogens is 1. The van der Waals surface area contributed by atoms with Crippen molar-refractivity contribution >= 4 is 11.8 Å². The zero-order valence-corrected chi connectivity index (χ0v) is 14.4. The molecule has 3 aromatic rings. The van der Waals surface area contributed by atoms with E-state index in [-0.39, 0.29) is 6.61 Å². The summed E-state index contributed by atoms with van der Waals surface area (Å²) in [6.45, 7) is 3.78. The van der Waals surface area contributed by atoms with Crippen LogP contribution in [0.4, 0.5) is 0 Å². The van der Waals surface area contributed by atoms with E-state index in [1.807, 2.05) is 43.3 Å². The lowest BCUT2D eigenvalue weighted by molar-refractivity contribution is -0.651. The summed E-state index contributed by atoms with van der Waals surface area (Å²) < 4.78 is 7.49. The smallest absolute Gasteiger partial charge is 0.196 e. The molecule has 0 radical (unpaired) electrons. The Morgan fingerprint density at radius 1 is 1.17 bits per heavy atom. The van der Waals surface area contributed by atoms with Gasteiger partial charge in [-0.3, -0.25) is 4.57 Å². The van der Waals surface area contributed by atoms with Gasteiger partial charge < -0.3 is 14.8 Å². The number of hydrogen-bond donors (Lipinski definition) is 2. The lowest BCUT2D eigenvalue weighted by Gasteiger charge is -2.09. The Bertz CT molecular complexity index is 770. The first-order valence-corrected chi connectivity index (χ1v) is 8.90. The predicted octanol–water partition coefficient (Wildman–Crippen LogP) is 1.48. The van der Waals surface area contributed by atoms with Crippen molar-refractivity contribution in [2.75, 3.05) is 25.4 Å². The summed E-state index contributed by atoms with van der Waals surface area (Å²) in [5, 5.41) is 20.6. The van der Waals surface area contributed by atoms with Crippen molar-refractivity contribution in [2.24, 2.45) is 0 Å². The average molecular weight is 345 g/mol. The SMILES string of the molecule is Cc1occc1-c1nnc(SCC[NH2+]CCO)n1-c1ccccc1. The second-order valence-electron chi connectivity index (χ2n) is 5.31. The number of hydrogen-bond acceptors (Lipinski definition) is 5. The molecule has 7 heteroatoms. The Balaban J connectivity index is 1.89. The van der Waals surface area contributed by atoms with E-state index in [1.165, 1.54) is 0 Å². The van der Waals surface area contributed by atoms with E-state index in [0.29, 0.717) is 0 Å². The van der Waals surface area contributed by atoms with Gasteiger partial charge in [-0.25, -0.2) is 0 Å². The number of benzene rings is 1. The molecule has 6 nitrogen and oxygen atoms in total. The Morgan fingerprint density at radius 3 is 2.71 bits per heavy atom. The molecule has 0 aliphatic carbocycles. The van der Waals surface area contributed by atoms with Gasteiger partial charge in [-0.15, -0.1) is 10.2 Å². The zero-order valence-electron chi connectivity index (χ0n) is 13.6. The molecule has 126 valence electrons. The monoisotopic (exact) mass is 345 g/mol. The van der Waals surface area contributed by atoms with Crippen LogP contribution in [0.1, 0.15) is 5.76 Å². The van der Waals surface area contributed by atoms with Gasteiger partial charge in [0.15, 0.2) is 11.0 Å². The minimum Gasteiger partial charge on any atom is -0.469 e. The third-order valence-corrected chi connectivity index (χ3v) is 4.60. The summed E-state index contributed by atoms with van der Waals surface area (Å²) in [5.74, 6) is 2.51. The Labute approximate surface area is 144 Å². The molecular formula is C17H21N4O2S+. The van der Waals surface area contributed by atoms with Crippen molar-refractivity contribution in [3.63, 3.8) is 0 Å². The number of aliphatic hydroxyl groups excluding tert-OH is 1. The Morgan fingerprint density at radius 2 is 2.00 bits per heavy atom. The maximum absolute atomic E-state index is 8.84. The standard InChI is InChI=1S/C17H20N4O2S/c1-13-15(7-11-23-13)16-19-20-17(24-12-9-18-8-10-22)21(16)14-5-3-2-4-6-14/h2-7,11,18,22H,8-10,12H2,1H3/p+1. The Hall–Kier alpha value is -2.09. The van der Waals surface area contributed by atoms with Gasteiger partial charge in [0.2, 0.25) is 0 Å². The first kappa shape index (κ1) is 16.8. The number of aromatic nitrogens is 3. The molecule has 0 saturated carbocycles. The van der Waals surface area contributed by atoms with Crippen LogP contribution in [-0.4, -0.2) is 45.3 Å². The maximum atomic E-state index is 8.84. The fourth-order valence-corrected chi connectivity index (χ4v) is 3.32. The first-order chi connectivity index (χ1) is 11.8. The highest BCUT2D eigenvalue weighted by molar-refractivity contribution is 7.99. The number of furan rings is 1. The maximum Gasteiger partial charge on any atom is 0.196 e. The number of rotatable bonds is 8. The third kappa shape index (κ3) is 3.69. The van der Waals surface area contributed by atoms with Crippen LogP contribution in [-0.2, 0) is 0 Å². The number of aryl methyl sites for hydroxylation is 1. The molecule has 1 aromatic carbocycles. The molecule has 3 rings (SSSR count). The van der Waals surface area contributed by atoms with Gasteiger partial charge in [0.25, 0.3) is 0 Å². The van der Waals surface area contributed by atoms with Crippen molar-refractivity contribution < 1.29 is 14.8 Å². The number of aliphatic hydroxyl groups is 1. The highest BCUT2D eigenvalue weighted by Gasteiger charge is 2.18. The fourth-order valence-electron chi connectivity index (χ4n) is 2.43. The quantitative estimate of drug-likeness (QED) is 0.477. The minimum atomic E-state index is 0.203. The van der Waals surface area contributed by atoms with Gasteiger partial charge in [0.05, 0.1) is 37.3 Å². The van der Waals surface area contributed by atoms with Crippen molar-refractivity contribution in [1.82, 2.24) is 14.8 Å². The predicted molar refractivity (Wildman–Crippen MR) is 93.3 cm³/mol. The number of para-hydroxylation sites is 1. The van der Waals surface area contributed by atoms with Crippen LogP contribution in [0, 0.1) is 6.92 Å². The van der Waals surface area contributed by atoms with E-state index in [9.17, 15) is 0 Å². The van der Waals surface area contributed by atoms with Gasteiger partial charge in [-0.2, -0.15) is 0 Å². The average Bonchev–Trinajstić information content (AvgIpc) is 3.21. The summed E-state index contributed by atoms with van der Waals surface area (Å²) in [6, 6.07) is 12.0. The molecule has 3 N–H and O–H groups in total. The third-order valence-electron chi connectivity index (χ3n) is 3.63. The van der Waals surface area contributed by atoms with E-state index in [0.717, 1.165) is 46.8 Å². The van der Waals surface area contributed by atoms with Crippen LogP contribution < -0.4 is 5.32 Å². The van der Waals surface area contributed by atoms with E-state index in [2.05, 4.69) is 20.1 Å². The molecular weight excluding hydrogens is 324 g/mol. The molecule has 0 unspecified atom stereocenters. The molecule has 0 aliphatic rings. The second-order valence-corrected chi connectivity index (χ2v) is 6.37. The van der Waals surface area contributed by atoms with Crippen LogP contribution in [0.5, 0.6) is 0 Å². The topological polar surface area (TPSA) is 80.7 Å². The molecule has 0 saturated heterocycles. The van der Waals surface area contributed by atoms with Crippen LogP contribution in [0.3, 0.4) is 0 Å². The molecule has 2 heterocycles. The van der Waals surface area contributed by atoms with Gasteiger partial charge in [0.1, 0.15) is 5.76 Å². The number of thioether (sulfide) groups is 1. The minimum absolute atomic E-state index is 0.203. The highest BCUT2D eigenvalue weighted by atomic mass is 32.2. The first-order valence-electron chi connectivity index (χ1n) is 7.92. The molecule has 0 spiro atoms. The van der Waals surface area contributed by atoms with Crippen molar-refractivity contribution in [1.29, 1.82) is 0 Å². The lowest BCUT2D eigenvalue weighted by atomic mass is 10.2. The highest BCUT2D eigenvalue weighted by Crippen LogP contribution is 2.29. The van der Waals surface area contributed by atoms with Crippen molar-refractivity contribution in [2.45, 2.75) is 12.1 Å². The number of nitrogens with two attached hydrogens (primary N) is 1. The molecule has 2 aromatic heterocycles. The summed E-state index contributed by atoms with van der Waals surface area (Å²) in [7, 11) is 0. The van der Waals surface area contributed by atoms with Crippen LogP contribution in [0.25, 0.3) is 17.1 Å². The fraction of sp³-hybridized carbons (Fsp3) is 0.294. The molecule has 0 aliphatic heterocycles. The summed E-state index contributed by atoms with van der Waals surface area (Å²) in [6.07, 6.45) is 1.67. The van der Waals surface area contributed by atoms with Gasteiger partial charge in [-0.05, 0) is 25.1 Å². The molecule has 0 atom stereocenters. The van der Waals surface area contributed by atoms with E-state index in [4.69, 9.17) is 9.52 Å². The van der Waals surface area contributed by atoms with E-state index >= 15 is 0 Å². The lowest BCUT2D eigenvalue weighted by Crippen LogP contribution is -2.85. The van der Waals surface area contributed by atoms with Crippen LogP contribution in [0.2, 0.25) is 0 Å². The molecule has 24 heavy (non-hydrogen) atoms.